The maximum atomic E-state index is 13.4. The monoisotopic (exact) mass is 494 g/mol. The molecular formula is C28H29F3N4O. The van der Waals surface area contributed by atoms with Crippen LogP contribution in [0, 0.1) is 5.92 Å². The summed E-state index contributed by atoms with van der Waals surface area (Å²) < 4.78 is 40.3. The highest BCUT2D eigenvalue weighted by molar-refractivity contribution is 5.82. The quantitative estimate of drug-likeness (QED) is 0.555. The molecule has 3 aromatic rings. The minimum absolute atomic E-state index is 0.104. The van der Waals surface area contributed by atoms with Gasteiger partial charge < -0.3 is 10.2 Å². The van der Waals surface area contributed by atoms with Crippen molar-refractivity contribution >= 4 is 11.6 Å². The van der Waals surface area contributed by atoms with Crippen molar-refractivity contribution in [2.24, 2.45) is 5.92 Å². The molecule has 2 aliphatic rings. The molecular weight excluding hydrogens is 465 g/mol. The van der Waals surface area contributed by atoms with Crippen LogP contribution in [0.4, 0.5) is 18.9 Å². The van der Waals surface area contributed by atoms with Crippen LogP contribution < -0.4 is 10.2 Å². The fourth-order valence-electron chi connectivity index (χ4n) is 5.32. The molecule has 1 amide bonds. The second kappa shape index (κ2) is 10.3. The molecule has 0 aliphatic carbocycles. The van der Waals surface area contributed by atoms with Crippen LogP contribution in [-0.4, -0.2) is 48.0 Å². The number of pyridine rings is 1. The molecule has 2 atom stereocenters. The van der Waals surface area contributed by atoms with Crippen molar-refractivity contribution in [1.29, 1.82) is 0 Å². The number of fused-ring (bicyclic) bond motifs is 3. The Kier molecular flexibility index (Phi) is 6.96. The van der Waals surface area contributed by atoms with Gasteiger partial charge in [0.05, 0.1) is 17.5 Å². The molecule has 8 heteroatoms. The molecule has 5 nitrogen and oxygen atoms in total. The van der Waals surface area contributed by atoms with E-state index >= 15 is 0 Å². The third-order valence-corrected chi connectivity index (χ3v) is 7.21. The average molecular weight is 495 g/mol. The van der Waals surface area contributed by atoms with Gasteiger partial charge in [0.2, 0.25) is 5.91 Å². The third kappa shape index (κ3) is 5.38. The normalized spacial score (nSPS) is 19.9. The average Bonchev–Trinajstić information content (AvgIpc) is 2.90. The minimum atomic E-state index is -4.42. The number of nitrogens with zero attached hydrogens (tertiary/aromatic N) is 3. The van der Waals surface area contributed by atoms with Crippen LogP contribution in [-0.2, 0) is 30.4 Å². The van der Waals surface area contributed by atoms with Crippen LogP contribution in [0.1, 0.15) is 22.3 Å². The van der Waals surface area contributed by atoms with E-state index in [1.165, 1.54) is 11.6 Å². The number of benzene rings is 2. The van der Waals surface area contributed by atoms with Crippen LogP contribution in [0.3, 0.4) is 0 Å². The van der Waals surface area contributed by atoms with Crippen LogP contribution in [0.15, 0.2) is 73.1 Å². The Morgan fingerprint density at radius 1 is 1.03 bits per heavy atom. The zero-order valence-corrected chi connectivity index (χ0v) is 19.9. The smallest absolute Gasteiger partial charge is 0.365 e. The number of piperazine rings is 1. The number of anilines is 1. The summed E-state index contributed by atoms with van der Waals surface area (Å²) in [7, 11) is 0. The molecule has 2 unspecified atom stereocenters. The van der Waals surface area contributed by atoms with E-state index in [1.54, 1.807) is 18.5 Å². The van der Waals surface area contributed by atoms with E-state index in [0.29, 0.717) is 25.2 Å². The molecule has 0 saturated carbocycles. The summed E-state index contributed by atoms with van der Waals surface area (Å²) in [5.74, 6) is -0.584. The number of carbonyl (C=O) groups is 1. The van der Waals surface area contributed by atoms with Gasteiger partial charge in [-0.1, -0.05) is 36.4 Å². The van der Waals surface area contributed by atoms with Crippen LogP contribution in [0.25, 0.3) is 0 Å². The molecule has 2 aliphatic heterocycles. The van der Waals surface area contributed by atoms with Gasteiger partial charge in [-0.3, -0.25) is 14.7 Å². The summed E-state index contributed by atoms with van der Waals surface area (Å²) in [6, 6.07) is 17.8. The minimum Gasteiger partial charge on any atom is -0.365 e. The Balaban J connectivity index is 1.36. The first kappa shape index (κ1) is 24.3. The van der Waals surface area contributed by atoms with E-state index in [-0.39, 0.29) is 18.4 Å². The lowest BCUT2D eigenvalue weighted by Crippen LogP contribution is -2.61. The number of hydrogen-bond donors (Lipinski definition) is 1. The Bertz CT molecular complexity index is 1190. The van der Waals surface area contributed by atoms with Crippen LogP contribution in [0.2, 0.25) is 0 Å². The van der Waals surface area contributed by atoms with Crippen molar-refractivity contribution in [3.8, 4) is 0 Å². The SMILES string of the molecule is O=C(NCc1cccnc1)C1Cc2cc(C(F)(F)F)ccc2N2CCN(CCc3ccccc3)CC12. The first-order chi connectivity index (χ1) is 17.4. The summed E-state index contributed by atoms with van der Waals surface area (Å²) in [5, 5.41) is 3.00. The molecule has 0 bridgehead atoms. The van der Waals surface area contributed by atoms with Crippen molar-refractivity contribution in [3.63, 3.8) is 0 Å². The fraction of sp³-hybridized carbons (Fsp3) is 0.357. The van der Waals surface area contributed by atoms with Gasteiger partial charge in [0, 0.05) is 50.8 Å². The number of halogens is 3. The summed E-state index contributed by atoms with van der Waals surface area (Å²) in [6.45, 7) is 3.37. The highest BCUT2D eigenvalue weighted by Gasteiger charge is 2.42. The first-order valence-corrected chi connectivity index (χ1v) is 12.3. The zero-order chi connectivity index (χ0) is 25.1. The largest absolute Gasteiger partial charge is 0.416 e. The second-order valence-electron chi connectivity index (χ2n) is 9.53. The lowest BCUT2D eigenvalue weighted by Gasteiger charge is -2.49. The summed E-state index contributed by atoms with van der Waals surface area (Å²) >= 11 is 0. The first-order valence-electron chi connectivity index (χ1n) is 12.3. The molecule has 0 radical (unpaired) electrons. The van der Waals surface area contributed by atoms with E-state index in [2.05, 4.69) is 32.2 Å². The maximum absolute atomic E-state index is 13.4. The predicted octanol–water partition coefficient (Wildman–Crippen LogP) is 4.32. The number of nitrogens with one attached hydrogen (secondary N) is 1. The van der Waals surface area contributed by atoms with Crippen LogP contribution in [0.5, 0.6) is 0 Å². The van der Waals surface area contributed by atoms with Gasteiger partial charge in [0.25, 0.3) is 0 Å². The van der Waals surface area contributed by atoms with Gasteiger partial charge in [0.1, 0.15) is 0 Å². The third-order valence-electron chi connectivity index (χ3n) is 7.21. The van der Waals surface area contributed by atoms with Gasteiger partial charge in [-0.15, -0.1) is 0 Å². The van der Waals surface area contributed by atoms with E-state index in [0.717, 1.165) is 36.8 Å². The van der Waals surface area contributed by atoms with Gasteiger partial charge in [-0.25, -0.2) is 0 Å². The van der Waals surface area contributed by atoms with Crippen molar-refractivity contribution < 1.29 is 18.0 Å². The molecule has 1 aromatic heterocycles. The highest BCUT2D eigenvalue weighted by Crippen LogP contribution is 2.39. The summed E-state index contributed by atoms with van der Waals surface area (Å²) in [6.07, 6.45) is 0.151. The molecule has 188 valence electrons. The van der Waals surface area contributed by atoms with E-state index in [9.17, 15) is 18.0 Å². The zero-order valence-electron chi connectivity index (χ0n) is 19.9. The molecule has 1 fully saturated rings. The second-order valence-corrected chi connectivity index (χ2v) is 9.53. The Labute approximate surface area is 208 Å². The van der Waals surface area contributed by atoms with Gasteiger partial charge in [-0.2, -0.15) is 13.2 Å². The Morgan fingerprint density at radius 2 is 1.83 bits per heavy atom. The molecule has 5 rings (SSSR count). The maximum Gasteiger partial charge on any atom is 0.416 e. The highest BCUT2D eigenvalue weighted by atomic mass is 19.4. The molecule has 1 N–H and O–H groups in total. The standard InChI is InChI=1S/C28H29F3N4O/c29-28(30,31)23-8-9-25-22(15-23)16-24(27(36)33-18-21-7-4-11-32-17-21)26-19-34(13-14-35(25)26)12-10-20-5-2-1-3-6-20/h1-9,11,15,17,24,26H,10,12-14,16,18-19H2,(H,33,36). The lowest BCUT2D eigenvalue weighted by atomic mass is 9.82. The number of amides is 1. The van der Waals surface area contributed by atoms with E-state index in [4.69, 9.17) is 0 Å². The molecule has 2 aromatic carbocycles. The molecule has 3 heterocycles. The van der Waals surface area contributed by atoms with E-state index in [1.807, 2.05) is 30.3 Å². The van der Waals surface area contributed by atoms with Crippen molar-refractivity contribution in [2.45, 2.75) is 31.6 Å². The van der Waals surface area contributed by atoms with Gasteiger partial charge in [-0.05, 0) is 53.8 Å². The molecule has 1 saturated heterocycles. The van der Waals surface area contributed by atoms with E-state index < -0.39 is 17.7 Å². The van der Waals surface area contributed by atoms with Gasteiger partial charge >= 0.3 is 6.18 Å². The Morgan fingerprint density at radius 3 is 2.58 bits per heavy atom. The van der Waals surface area contributed by atoms with Crippen molar-refractivity contribution in [3.05, 3.63) is 95.3 Å². The van der Waals surface area contributed by atoms with Gasteiger partial charge in [0.15, 0.2) is 0 Å². The number of carbonyl (C=O) groups excluding carboxylic acids is 1. The number of rotatable bonds is 6. The fourth-order valence-corrected chi connectivity index (χ4v) is 5.32. The van der Waals surface area contributed by atoms with Crippen LogP contribution >= 0.6 is 0 Å². The summed E-state index contributed by atoms with van der Waals surface area (Å²) in [5.41, 5.74) is 2.87. The predicted molar refractivity (Wildman–Crippen MR) is 132 cm³/mol. The summed E-state index contributed by atoms with van der Waals surface area (Å²) in [4.78, 5) is 22.0. The number of hydrogen-bond acceptors (Lipinski definition) is 4. The lowest BCUT2D eigenvalue weighted by molar-refractivity contribution is -0.137. The number of alkyl halides is 3. The topological polar surface area (TPSA) is 48.5 Å². The molecule has 0 spiro atoms. The van der Waals surface area contributed by atoms with Crippen molar-refractivity contribution in [2.75, 3.05) is 31.1 Å². The van der Waals surface area contributed by atoms with Crippen molar-refractivity contribution in [1.82, 2.24) is 15.2 Å². The molecule has 36 heavy (non-hydrogen) atoms. The number of aromatic nitrogens is 1. The Hall–Kier alpha value is -3.39.